The Morgan fingerprint density at radius 1 is 1.21 bits per heavy atom. The number of benzene rings is 2. The molecule has 2 aromatic carbocycles. The largest absolute Gasteiger partial charge is 0.573 e. The number of carbonyl (C=O) groups excluding carboxylic acids is 1. The Hall–Kier alpha value is -3.05. The van der Waals surface area contributed by atoms with E-state index in [9.17, 15) is 18.0 Å². The van der Waals surface area contributed by atoms with Crippen molar-refractivity contribution in [3.8, 4) is 18.1 Å². The number of fused-ring (bicyclic) bond motifs is 1. The number of aryl methyl sites for hydroxylation is 2. The van der Waals surface area contributed by atoms with Gasteiger partial charge in [-0.3, -0.25) is 4.79 Å². The highest BCUT2D eigenvalue weighted by atomic mass is 32.1. The summed E-state index contributed by atoms with van der Waals surface area (Å²) < 4.78 is 44.3. The molecule has 0 atom stereocenters. The molecule has 1 aromatic heterocycles. The van der Waals surface area contributed by atoms with Crippen LogP contribution in [0.1, 0.15) is 21.5 Å². The molecule has 0 N–H and O–H groups in total. The number of thiazole rings is 1. The van der Waals surface area contributed by atoms with Crippen LogP contribution in [0, 0.1) is 26.2 Å². The quantitative estimate of drug-likeness (QED) is 0.448. The van der Waals surface area contributed by atoms with Gasteiger partial charge in [-0.05, 0) is 26.0 Å². The summed E-state index contributed by atoms with van der Waals surface area (Å²) in [6.07, 6.45) is 0.502. The molecule has 3 rings (SSSR count). The standard InChI is InChI=1S/C21H17F3N2O2S/c1-4-11-25-20-26(12-17(27)15-7-5-13(2)6-8-15)16-9-10-18(28-21(22,23)24)14(3)19(16)29-20/h1,5-10H,11-12H2,2-3H3. The minimum absolute atomic E-state index is 0.00855. The molecular weight excluding hydrogens is 401 g/mol. The maximum absolute atomic E-state index is 12.8. The Bertz CT molecular complexity index is 1170. The number of aromatic nitrogens is 1. The van der Waals surface area contributed by atoms with Crippen molar-refractivity contribution in [3.63, 3.8) is 0 Å². The summed E-state index contributed by atoms with van der Waals surface area (Å²) in [5, 5.41) is 0. The van der Waals surface area contributed by atoms with E-state index in [-0.39, 0.29) is 24.6 Å². The van der Waals surface area contributed by atoms with Gasteiger partial charge < -0.3 is 9.30 Å². The van der Waals surface area contributed by atoms with Crippen LogP contribution in [0.15, 0.2) is 41.4 Å². The van der Waals surface area contributed by atoms with Crippen LogP contribution < -0.4 is 9.54 Å². The van der Waals surface area contributed by atoms with E-state index in [0.29, 0.717) is 26.1 Å². The summed E-state index contributed by atoms with van der Waals surface area (Å²) in [5.74, 6) is 1.98. The number of terminal acetylenes is 1. The lowest BCUT2D eigenvalue weighted by molar-refractivity contribution is -0.274. The maximum Gasteiger partial charge on any atom is 0.573 e. The minimum atomic E-state index is -4.79. The maximum atomic E-state index is 12.8. The number of Topliss-reactive ketones (excluding diaryl/α,β-unsaturated/α-hetero) is 1. The molecule has 0 saturated heterocycles. The van der Waals surface area contributed by atoms with Gasteiger partial charge in [0.15, 0.2) is 10.6 Å². The molecule has 0 fully saturated rings. The third-order valence-corrected chi connectivity index (χ3v) is 5.51. The fraction of sp³-hybridized carbons (Fsp3) is 0.238. The van der Waals surface area contributed by atoms with E-state index in [2.05, 4.69) is 15.6 Å². The van der Waals surface area contributed by atoms with Gasteiger partial charge in [0.2, 0.25) is 0 Å². The van der Waals surface area contributed by atoms with Gasteiger partial charge in [-0.2, -0.15) is 0 Å². The zero-order valence-corrected chi connectivity index (χ0v) is 16.5. The third-order valence-electron chi connectivity index (χ3n) is 4.26. The molecule has 0 aliphatic carbocycles. The second kappa shape index (κ2) is 8.13. The summed E-state index contributed by atoms with van der Waals surface area (Å²) in [6, 6.07) is 9.92. The number of ketones is 1. The van der Waals surface area contributed by atoms with Crippen molar-refractivity contribution in [2.75, 3.05) is 6.54 Å². The molecule has 0 aliphatic heterocycles. The molecule has 0 saturated carbocycles. The van der Waals surface area contributed by atoms with Crippen molar-refractivity contribution >= 4 is 27.3 Å². The number of carbonyl (C=O) groups is 1. The summed E-state index contributed by atoms with van der Waals surface area (Å²) in [5.41, 5.74) is 2.49. The Labute approximate surface area is 169 Å². The first-order valence-electron chi connectivity index (χ1n) is 8.62. The van der Waals surface area contributed by atoms with Crippen molar-refractivity contribution < 1.29 is 22.7 Å². The second-order valence-electron chi connectivity index (χ2n) is 6.37. The molecule has 0 aliphatic rings. The predicted octanol–water partition coefficient (Wildman–Crippen LogP) is 4.64. The highest BCUT2D eigenvalue weighted by Gasteiger charge is 2.32. The van der Waals surface area contributed by atoms with Gasteiger partial charge in [-0.1, -0.05) is 47.1 Å². The fourth-order valence-electron chi connectivity index (χ4n) is 2.84. The highest BCUT2D eigenvalue weighted by Crippen LogP contribution is 2.33. The second-order valence-corrected chi connectivity index (χ2v) is 7.34. The van der Waals surface area contributed by atoms with Crippen LogP contribution in [-0.2, 0) is 6.54 Å². The lowest BCUT2D eigenvalue weighted by Crippen LogP contribution is -2.21. The van der Waals surface area contributed by atoms with E-state index < -0.39 is 6.36 Å². The van der Waals surface area contributed by atoms with Crippen LogP contribution in [0.4, 0.5) is 13.2 Å². The summed E-state index contributed by atoms with van der Waals surface area (Å²) in [4.78, 5) is 17.5. The molecular formula is C21H17F3N2O2S. The molecule has 150 valence electrons. The third kappa shape index (κ3) is 4.69. The molecule has 0 amide bonds. The van der Waals surface area contributed by atoms with Gasteiger partial charge in [0.05, 0.1) is 16.8 Å². The number of halogens is 3. The Balaban J connectivity index is 2.09. The van der Waals surface area contributed by atoms with Crippen molar-refractivity contribution in [2.45, 2.75) is 26.8 Å². The first-order valence-corrected chi connectivity index (χ1v) is 9.44. The summed E-state index contributed by atoms with van der Waals surface area (Å²) >= 11 is 1.17. The summed E-state index contributed by atoms with van der Waals surface area (Å²) in [7, 11) is 0. The average Bonchev–Trinajstić information content (AvgIpc) is 3.00. The van der Waals surface area contributed by atoms with Crippen LogP contribution in [0.5, 0.6) is 5.75 Å². The van der Waals surface area contributed by atoms with Gasteiger partial charge in [0, 0.05) is 11.1 Å². The van der Waals surface area contributed by atoms with Crippen LogP contribution in [0.25, 0.3) is 10.2 Å². The van der Waals surface area contributed by atoms with Gasteiger partial charge in [-0.25, -0.2) is 4.99 Å². The van der Waals surface area contributed by atoms with E-state index in [1.54, 1.807) is 16.7 Å². The van der Waals surface area contributed by atoms with Crippen molar-refractivity contribution in [1.29, 1.82) is 0 Å². The number of hydrogen-bond acceptors (Lipinski definition) is 4. The van der Waals surface area contributed by atoms with Crippen LogP contribution >= 0.6 is 11.3 Å². The number of alkyl halides is 3. The van der Waals surface area contributed by atoms with Gasteiger partial charge in [0.1, 0.15) is 12.3 Å². The minimum Gasteiger partial charge on any atom is -0.405 e. The highest BCUT2D eigenvalue weighted by molar-refractivity contribution is 7.16. The van der Waals surface area contributed by atoms with Crippen molar-refractivity contribution in [1.82, 2.24) is 4.57 Å². The number of nitrogens with zero attached hydrogens (tertiary/aromatic N) is 2. The zero-order valence-electron chi connectivity index (χ0n) is 15.7. The van der Waals surface area contributed by atoms with Gasteiger partial charge in [0.25, 0.3) is 0 Å². The molecule has 1 heterocycles. The van der Waals surface area contributed by atoms with Crippen LogP contribution in [0.2, 0.25) is 0 Å². The molecule has 0 unspecified atom stereocenters. The normalized spacial score (nSPS) is 12.2. The molecule has 8 heteroatoms. The molecule has 29 heavy (non-hydrogen) atoms. The first-order chi connectivity index (χ1) is 13.7. The van der Waals surface area contributed by atoms with E-state index in [0.717, 1.165) is 5.56 Å². The monoisotopic (exact) mass is 418 g/mol. The number of rotatable bonds is 5. The Kier molecular flexibility index (Phi) is 5.80. The van der Waals surface area contributed by atoms with E-state index in [1.165, 1.54) is 30.4 Å². The number of ether oxygens (including phenoxy) is 1. The molecule has 0 radical (unpaired) electrons. The average molecular weight is 418 g/mol. The summed E-state index contributed by atoms with van der Waals surface area (Å²) in [6.45, 7) is 3.55. The first kappa shape index (κ1) is 20.7. The van der Waals surface area contributed by atoms with Crippen LogP contribution in [0.3, 0.4) is 0 Å². The molecule has 3 aromatic rings. The van der Waals surface area contributed by atoms with E-state index in [4.69, 9.17) is 6.42 Å². The van der Waals surface area contributed by atoms with E-state index >= 15 is 0 Å². The van der Waals surface area contributed by atoms with E-state index in [1.807, 2.05) is 19.1 Å². The molecule has 0 spiro atoms. The van der Waals surface area contributed by atoms with Crippen LogP contribution in [-0.4, -0.2) is 23.3 Å². The fourth-order valence-corrected chi connectivity index (χ4v) is 3.96. The molecule has 0 bridgehead atoms. The van der Waals surface area contributed by atoms with Crippen molar-refractivity contribution in [3.05, 3.63) is 57.9 Å². The molecule has 4 nitrogen and oxygen atoms in total. The lowest BCUT2D eigenvalue weighted by Gasteiger charge is -2.12. The zero-order chi connectivity index (χ0) is 21.2. The Morgan fingerprint density at radius 3 is 2.52 bits per heavy atom. The van der Waals surface area contributed by atoms with Gasteiger partial charge >= 0.3 is 6.36 Å². The van der Waals surface area contributed by atoms with Crippen molar-refractivity contribution in [2.24, 2.45) is 4.99 Å². The smallest absolute Gasteiger partial charge is 0.405 e. The topological polar surface area (TPSA) is 43.6 Å². The SMILES string of the molecule is C#CCN=c1sc2c(C)c(OC(F)(F)F)ccc2n1CC(=O)c1ccc(C)cc1. The predicted molar refractivity (Wildman–Crippen MR) is 106 cm³/mol. The lowest BCUT2D eigenvalue weighted by atomic mass is 10.1. The number of hydrogen-bond donors (Lipinski definition) is 0. The Morgan fingerprint density at radius 2 is 1.90 bits per heavy atom. The van der Waals surface area contributed by atoms with Gasteiger partial charge in [-0.15, -0.1) is 19.6 Å².